The summed E-state index contributed by atoms with van der Waals surface area (Å²) in [6.45, 7) is 1.36. The molecule has 5 heteroatoms. The number of nitrogens with one attached hydrogen (secondary N) is 2. The Morgan fingerprint density at radius 3 is 2.43 bits per heavy atom. The third-order valence-electron chi connectivity index (χ3n) is 1.39. The molecule has 0 aromatic heterocycles. The monoisotopic (exact) mass is 212 g/mol. The Labute approximate surface area is 86.3 Å². The van der Waals surface area contributed by atoms with Crippen molar-refractivity contribution in [1.82, 2.24) is 5.32 Å². The number of halogens is 1. The van der Waals surface area contributed by atoms with E-state index in [9.17, 15) is 9.18 Å². The zero-order valence-corrected chi connectivity index (χ0v) is 8.32. The first kappa shape index (κ1) is 10.6. The molecule has 0 radical (unpaired) electrons. The molecule has 0 fully saturated rings. The van der Waals surface area contributed by atoms with E-state index in [1.165, 1.54) is 31.2 Å². The van der Waals surface area contributed by atoms with Crippen LogP contribution < -0.4 is 10.6 Å². The Balaban J connectivity index is 2.56. The van der Waals surface area contributed by atoms with Gasteiger partial charge in [-0.3, -0.25) is 4.79 Å². The normalized spacial score (nSPS) is 9.29. The summed E-state index contributed by atoms with van der Waals surface area (Å²) in [6.07, 6.45) is 0. The molecule has 0 spiro atoms. The van der Waals surface area contributed by atoms with Crippen molar-refractivity contribution in [3.8, 4) is 0 Å². The summed E-state index contributed by atoms with van der Waals surface area (Å²) in [6, 6.07) is 5.67. The fraction of sp³-hybridized carbons (Fsp3) is 0.111. The predicted octanol–water partition coefficient (Wildman–Crippen LogP) is 1.66. The first-order valence-corrected chi connectivity index (χ1v) is 4.33. The first-order chi connectivity index (χ1) is 6.58. The topological polar surface area (TPSA) is 41.1 Å². The van der Waals surface area contributed by atoms with Crippen LogP contribution in [0.1, 0.15) is 6.92 Å². The number of anilines is 1. The number of carbonyl (C=O) groups excluding carboxylic acids is 1. The molecule has 1 aromatic carbocycles. The Morgan fingerprint density at radius 2 is 1.93 bits per heavy atom. The van der Waals surface area contributed by atoms with Crippen LogP contribution in [0.15, 0.2) is 24.3 Å². The van der Waals surface area contributed by atoms with E-state index in [0.717, 1.165) is 0 Å². The number of amides is 1. The van der Waals surface area contributed by atoms with Crippen LogP contribution in [0.25, 0.3) is 0 Å². The molecule has 0 atom stereocenters. The molecule has 3 nitrogen and oxygen atoms in total. The van der Waals surface area contributed by atoms with Gasteiger partial charge in [-0.15, -0.1) is 0 Å². The van der Waals surface area contributed by atoms with E-state index in [-0.39, 0.29) is 16.8 Å². The van der Waals surface area contributed by atoms with E-state index in [0.29, 0.717) is 5.69 Å². The number of benzene rings is 1. The standard InChI is InChI=1S/C9H9FN2OS/c1-6(13)11-9(14)12-8-4-2-7(10)3-5-8/h2-5H,1H3,(H2,11,12,13,14). The average Bonchev–Trinajstić information content (AvgIpc) is 2.07. The second kappa shape index (κ2) is 4.66. The lowest BCUT2D eigenvalue weighted by atomic mass is 10.3. The van der Waals surface area contributed by atoms with Crippen molar-refractivity contribution in [2.45, 2.75) is 6.92 Å². The molecule has 0 aliphatic heterocycles. The molecule has 1 amide bonds. The van der Waals surface area contributed by atoms with E-state index >= 15 is 0 Å². The molecule has 0 saturated heterocycles. The van der Waals surface area contributed by atoms with Crippen LogP contribution in [0.3, 0.4) is 0 Å². The minimum atomic E-state index is -0.319. The van der Waals surface area contributed by atoms with Crippen molar-refractivity contribution in [2.24, 2.45) is 0 Å². The lowest BCUT2D eigenvalue weighted by Gasteiger charge is -2.07. The van der Waals surface area contributed by atoms with E-state index in [2.05, 4.69) is 10.6 Å². The summed E-state index contributed by atoms with van der Waals surface area (Å²) >= 11 is 4.81. The Hall–Kier alpha value is -1.49. The molecule has 74 valence electrons. The van der Waals surface area contributed by atoms with Crippen LogP contribution in [-0.2, 0) is 4.79 Å². The average molecular weight is 212 g/mol. The van der Waals surface area contributed by atoms with Crippen LogP contribution >= 0.6 is 12.2 Å². The highest BCUT2D eigenvalue weighted by Crippen LogP contribution is 2.07. The molecule has 0 unspecified atom stereocenters. The number of thiocarbonyl (C=S) groups is 1. The SMILES string of the molecule is CC(=O)NC(=S)Nc1ccc(F)cc1. The summed E-state index contributed by atoms with van der Waals surface area (Å²) in [5.41, 5.74) is 0.630. The van der Waals surface area contributed by atoms with Gasteiger partial charge < -0.3 is 10.6 Å². The lowest BCUT2D eigenvalue weighted by molar-refractivity contribution is -0.117. The van der Waals surface area contributed by atoms with Gasteiger partial charge in [-0.2, -0.15) is 0 Å². The number of hydrogen-bond donors (Lipinski definition) is 2. The maximum Gasteiger partial charge on any atom is 0.222 e. The molecule has 14 heavy (non-hydrogen) atoms. The summed E-state index contributed by atoms with van der Waals surface area (Å²) in [7, 11) is 0. The second-order valence-electron chi connectivity index (χ2n) is 2.64. The number of hydrogen-bond acceptors (Lipinski definition) is 2. The van der Waals surface area contributed by atoms with E-state index in [4.69, 9.17) is 12.2 Å². The smallest absolute Gasteiger partial charge is 0.222 e. The molecule has 1 aromatic rings. The number of carbonyl (C=O) groups is 1. The highest BCUT2D eigenvalue weighted by molar-refractivity contribution is 7.80. The summed E-state index contributed by atoms with van der Waals surface area (Å²) in [5.74, 6) is -0.564. The van der Waals surface area contributed by atoms with Gasteiger partial charge in [0.05, 0.1) is 0 Å². The van der Waals surface area contributed by atoms with Gasteiger partial charge in [0, 0.05) is 12.6 Å². The maximum absolute atomic E-state index is 12.5. The highest BCUT2D eigenvalue weighted by atomic mass is 32.1. The van der Waals surface area contributed by atoms with Gasteiger partial charge in [0.2, 0.25) is 5.91 Å². The van der Waals surface area contributed by atoms with Gasteiger partial charge >= 0.3 is 0 Å². The zero-order valence-electron chi connectivity index (χ0n) is 7.50. The molecule has 1 rings (SSSR count). The van der Waals surface area contributed by atoms with Crippen molar-refractivity contribution >= 4 is 28.9 Å². The van der Waals surface area contributed by atoms with Gasteiger partial charge in [-0.25, -0.2) is 4.39 Å². The fourth-order valence-electron chi connectivity index (χ4n) is 0.855. The Kier molecular flexibility index (Phi) is 3.53. The van der Waals surface area contributed by atoms with E-state index in [1.807, 2.05) is 0 Å². The molecule has 0 aliphatic carbocycles. The molecular formula is C9H9FN2OS. The third kappa shape index (κ3) is 3.49. The van der Waals surface area contributed by atoms with Gasteiger partial charge in [0.1, 0.15) is 5.82 Å². The fourth-order valence-corrected chi connectivity index (χ4v) is 1.12. The Morgan fingerprint density at radius 1 is 1.36 bits per heavy atom. The van der Waals surface area contributed by atoms with E-state index < -0.39 is 0 Å². The van der Waals surface area contributed by atoms with Crippen LogP contribution in [-0.4, -0.2) is 11.0 Å². The lowest BCUT2D eigenvalue weighted by Crippen LogP contribution is -2.32. The first-order valence-electron chi connectivity index (χ1n) is 3.92. The van der Waals surface area contributed by atoms with Gasteiger partial charge in [0.25, 0.3) is 0 Å². The number of rotatable bonds is 1. The minimum Gasteiger partial charge on any atom is -0.332 e. The summed E-state index contributed by atoms with van der Waals surface area (Å²) in [4.78, 5) is 10.6. The quantitative estimate of drug-likeness (QED) is 0.695. The van der Waals surface area contributed by atoms with E-state index in [1.54, 1.807) is 0 Å². The minimum absolute atomic E-state index is 0.198. The van der Waals surface area contributed by atoms with Crippen LogP contribution in [0.2, 0.25) is 0 Å². The summed E-state index contributed by atoms with van der Waals surface area (Å²) in [5, 5.41) is 5.33. The van der Waals surface area contributed by atoms with Crippen LogP contribution in [0, 0.1) is 5.82 Å². The summed E-state index contributed by atoms with van der Waals surface area (Å²) < 4.78 is 12.5. The highest BCUT2D eigenvalue weighted by Gasteiger charge is 1.99. The molecule has 0 saturated carbocycles. The van der Waals surface area contributed by atoms with Crippen LogP contribution in [0.4, 0.5) is 10.1 Å². The maximum atomic E-state index is 12.5. The molecule has 0 heterocycles. The van der Waals surface area contributed by atoms with Crippen molar-refractivity contribution in [3.63, 3.8) is 0 Å². The largest absolute Gasteiger partial charge is 0.332 e. The second-order valence-corrected chi connectivity index (χ2v) is 3.05. The molecular weight excluding hydrogens is 203 g/mol. The van der Waals surface area contributed by atoms with Gasteiger partial charge in [0.15, 0.2) is 5.11 Å². The molecule has 0 aliphatic rings. The van der Waals surface area contributed by atoms with Crippen molar-refractivity contribution in [2.75, 3.05) is 5.32 Å². The van der Waals surface area contributed by atoms with Crippen molar-refractivity contribution in [1.29, 1.82) is 0 Å². The predicted molar refractivity (Wildman–Crippen MR) is 56.4 cm³/mol. The van der Waals surface area contributed by atoms with Crippen molar-refractivity contribution < 1.29 is 9.18 Å². The zero-order chi connectivity index (χ0) is 10.6. The van der Waals surface area contributed by atoms with Gasteiger partial charge in [-0.1, -0.05) is 0 Å². The van der Waals surface area contributed by atoms with Crippen LogP contribution in [0.5, 0.6) is 0 Å². The van der Waals surface area contributed by atoms with Crippen molar-refractivity contribution in [3.05, 3.63) is 30.1 Å². The molecule has 2 N–H and O–H groups in total. The third-order valence-corrected chi connectivity index (χ3v) is 1.60. The van der Waals surface area contributed by atoms with Gasteiger partial charge in [-0.05, 0) is 36.5 Å². The Bertz CT molecular complexity index is 350. The molecule has 0 bridgehead atoms.